The molecule has 3 aromatic carbocycles. The zero-order valence-electron chi connectivity index (χ0n) is 22.4. The summed E-state index contributed by atoms with van der Waals surface area (Å²) >= 11 is 0. The largest absolute Gasteiger partial charge is 0.508 e. The molecule has 0 spiro atoms. The van der Waals surface area contributed by atoms with Crippen LogP contribution in [-0.2, 0) is 0 Å². The van der Waals surface area contributed by atoms with Gasteiger partial charge < -0.3 is 20.0 Å². The van der Waals surface area contributed by atoms with E-state index in [1.54, 1.807) is 30.3 Å². The molecule has 0 unspecified atom stereocenters. The van der Waals surface area contributed by atoms with Crippen LogP contribution in [0.4, 0.5) is 0 Å². The number of benzene rings is 3. The Labute approximate surface area is 221 Å². The second-order valence-corrected chi connectivity index (χ2v) is 10.7. The Morgan fingerprint density at radius 1 is 1.03 bits per heavy atom. The highest BCUT2D eigenvalue weighted by molar-refractivity contribution is 5.99. The van der Waals surface area contributed by atoms with Gasteiger partial charge in [0.25, 0.3) is 0 Å². The van der Waals surface area contributed by atoms with Crippen molar-refractivity contribution in [3.8, 4) is 11.5 Å². The molecule has 1 radical (unpaired) electrons. The summed E-state index contributed by atoms with van der Waals surface area (Å²) in [5.41, 5.74) is 4.92. The second kappa shape index (κ2) is 11.9. The number of nitrogens with zero attached hydrogens (tertiary/aromatic N) is 2. The molecule has 1 aliphatic rings. The number of likely N-dealkylation sites (tertiary alicyclic amines) is 1. The monoisotopic (exact) mass is 499 g/mol. The molecule has 0 aliphatic carbocycles. The Hall–Kier alpha value is -3.15. The summed E-state index contributed by atoms with van der Waals surface area (Å²) in [6, 6.07) is 21.4. The van der Waals surface area contributed by atoms with E-state index >= 15 is 0 Å². The molecule has 1 heterocycles. The van der Waals surface area contributed by atoms with Crippen LogP contribution in [0.3, 0.4) is 0 Å². The smallest absolute Gasteiger partial charge is 0.167 e. The van der Waals surface area contributed by atoms with Crippen LogP contribution < -0.4 is 0 Å². The first kappa shape index (κ1) is 26.9. The molecule has 3 aromatic rings. The molecule has 0 bridgehead atoms. The van der Waals surface area contributed by atoms with Crippen LogP contribution in [0.5, 0.6) is 11.5 Å². The highest BCUT2D eigenvalue weighted by Gasteiger charge is 2.43. The maximum atomic E-state index is 14.1. The van der Waals surface area contributed by atoms with Gasteiger partial charge in [-0.15, -0.1) is 0 Å². The minimum Gasteiger partial charge on any atom is -0.508 e. The Morgan fingerprint density at radius 2 is 1.81 bits per heavy atom. The number of aryl methyl sites for hydroxylation is 1. The predicted molar refractivity (Wildman–Crippen MR) is 148 cm³/mol. The summed E-state index contributed by atoms with van der Waals surface area (Å²) in [5, 5.41) is 21.0. The normalized spacial score (nSPS) is 20.3. The fraction of sp³-hybridized carbons (Fsp3) is 0.406. The van der Waals surface area contributed by atoms with E-state index in [4.69, 9.17) is 0 Å². The Kier molecular flexibility index (Phi) is 8.67. The number of Topliss-reactive ketones (excluding diaryl/α,β-unsaturated/α-hetero) is 1. The molecule has 1 aliphatic heterocycles. The van der Waals surface area contributed by atoms with Gasteiger partial charge in [0.15, 0.2) is 5.78 Å². The van der Waals surface area contributed by atoms with Crippen molar-refractivity contribution in [1.82, 2.24) is 9.80 Å². The number of carbonyl (C=O) groups is 1. The number of carbonyl (C=O) groups excluding carboxylic acids is 1. The molecule has 0 amide bonds. The third kappa shape index (κ3) is 6.23. The molecular weight excluding hydrogens is 460 g/mol. The molecule has 5 nitrogen and oxygen atoms in total. The number of piperidine rings is 1. The van der Waals surface area contributed by atoms with Gasteiger partial charge >= 0.3 is 0 Å². The van der Waals surface area contributed by atoms with Crippen molar-refractivity contribution in [3.63, 3.8) is 0 Å². The Morgan fingerprint density at radius 3 is 2.54 bits per heavy atom. The first-order valence-corrected chi connectivity index (χ1v) is 13.2. The van der Waals surface area contributed by atoms with Crippen LogP contribution in [0, 0.1) is 25.8 Å². The maximum Gasteiger partial charge on any atom is 0.167 e. The fourth-order valence-electron chi connectivity index (χ4n) is 5.81. The number of hydrogen-bond donors (Lipinski definition) is 2. The van der Waals surface area contributed by atoms with Gasteiger partial charge in [-0.1, -0.05) is 42.5 Å². The molecule has 4 rings (SSSR count). The van der Waals surface area contributed by atoms with Crippen molar-refractivity contribution in [3.05, 3.63) is 94.5 Å². The Balaban J connectivity index is 1.79. The van der Waals surface area contributed by atoms with Crippen LogP contribution in [0.1, 0.15) is 57.3 Å². The van der Waals surface area contributed by atoms with E-state index in [-0.39, 0.29) is 35.0 Å². The van der Waals surface area contributed by atoms with E-state index in [0.717, 1.165) is 43.6 Å². The number of phenolic OH excluding ortho intramolecular Hbond substituents is 2. The minimum atomic E-state index is -0.321. The zero-order chi connectivity index (χ0) is 26.5. The van der Waals surface area contributed by atoms with E-state index in [2.05, 4.69) is 62.0 Å². The first-order chi connectivity index (χ1) is 17.8. The van der Waals surface area contributed by atoms with Crippen molar-refractivity contribution in [1.29, 1.82) is 0 Å². The lowest BCUT2D eigenvalue weighted by Gasteiger charge is -2.44. The summed E-state index contributed by atoms with van der Waals surface area (Å²) in [5.74, 6) is -0.144. The summed E-state index contributed by atoms with van der Waals surface area (Å²) in [4.78, 5) is 18.7. The van der Waals surface area contributed by atoms with Gasteiger partial charge in [-0.25, -0.2) is 0 Å². The molecule has 1 saturated heterocycles. The average Bonchev–Trinajstić information content (AvgIpc) is 2.88. The van der Waals surface area contributed by atoms with Crippen LogP contribution in [0.2, 0.25) is 0 Å². The van der Waals surface area contributed by atoms with E-state index in [1.807, 2.05) is 12.1 Å². The van der Waals surface area contributed by atoms with Gasteiger partial charge in [-0.2, -0.15) is 0 Å². The van der Waals surface area contributed by atoms with Gasteiger partial charge in [0.05, 0.1) is 0 Å². The number of aromatic hydroxyl groups is 2. The van der Waals surface area contributed by atoms with Crippen LogP contribution in [0.25, 0.3) is 0 Å². The van der Waals surface area contributed by atoms with E-state index in [9.17, 15) is 15.0 Å². The molecule has 5 heteroatoms. The molecular formula is C32H39N2O3. The molecule has 195 valence electrons. The van der Waals surface area contributed by atoms with Crippen molar-refractivity contribution in [2.24, 2.45) is 5.92 Å². The maximum absolute atomic E-state index is 14.1. The van der Waals surface area contributed by atoms with Crippen molar-refractivity contribution in [2.45, 2.75) is 38.5 Å². The molecule has 1 fully saturated rings. The van der Waals surface area contributed by atoms with Crippen molar-refractivity contribution < 1.29 is 15.0 Å². The third-order valence-electron chi connectivity index (χ3n) is 7.85. The topological polar surface area (TPSA) is 64.0 Å². The average molecular weight is 500 g/mol. The quantitative estimate of drug-likeness (QED) is 0.299. The van der Waals surface area contributed by atoms with E-state index < -0.39 is 0 Å². The van der Waals surface area contributed by atoms with Crippen LogP contribution in [0.15, 0.2) is 60.7 Å². The third-order valence-corrected chi connectivity index (χ3v) is 7.85. The van der Waals surface area contributed by atoms with Gasteiger partial charge in [-0.05, 0) is 100 Å². The molecule has 3 atom stereocenters. The van der Waals surface area contributed by atoms with E-state index in [1.165, 1.54) is 11.1 Å². The van der Waals surface area contributed by atoms with Crippen molar-refractivity contribution in [2.75, 3.05) is 40.3 Å². The highest BCUT2D eigenvalue weighted by Crippen LogP contribution is 2.47. The van der Waals surface area contributed by atoms with Crippen molar-refractivity contribution >= 4 is 5.78 Å². The van der Waals surface area contributed by atoms with E-state index in [0.29, 0.717) is 12.1 Å². The molecule has 37 heavy (non-hydrogen) atoms. The number of ketones is 1. The summed E-state index contributed by atoms with van der Waals surface area (Å²) in [7, 11) is 4.18. The number of unbranched alkanes of at least 4 members (excludes halogenated alkanes) is 1. The lowest BCUT2D eigenvalue weighted by atomic mass is 9.67. The lowest BCUT2D eigenvalue weighted by molar-refractivity contribution is 0.0733. The van der Waals surface area contributed by atoms with Gasteiger partial charge in [0.1, 0.15) is 11.5 Å². The summed E-state index contributed by atoms with van der Waals surface area (Å²) in [6.07, 6.45) is 2.13. The first-order valence-electron chi connectivity index (χ1n) is 13.2. The van der Waals surface area contributed by atoms with Gasteiger partial charge in [-0.3, -0.25) is 4.79 Å². The highest BCUT2D eigenvalue weighted by atomic mass is 16.3. The summed E-state index contributed by atoms with van der Waals surface area (Å²) < 4.78 is 0. The van der Waals surface area contributed by atoms with Gasteiger partial charge in [0.2, 0.25) is 0 Å². The molecule has 2 N–H and O–H groups in total. The minimum absolute atomic E-state index is 0.0341. The zero-order valence-corrected chi connectivity index (χ0v) is 22.4. The summed E-state index contributed by atoms with van der Waals surface area (Å²) in [6.45, 7) is 7.57. The molecule has 0 saturated carbocycles. The standard InChI is InChI=1S/C32H39N2O3/c1-22-11-9-15-26(23(22)2)31-28(27-14-5-6-16-30(27)36)20-34(18-8-7-17-33(3)4)21-29(31)32(37)24-12-10-13-25(35)19-24/h5,9-16,19,28-29,31,35-36H,7-8,17-18,20-21H2,1-4H3/t28-,29+,31-/m1/s1. The van der Waals surface area contributed by atoms with Gasteiger partial charge in [0, 0.05) is 36.4 Å². The Bertz CT molecular complexity index is 1220. The fourth-order valence-corrected chi connectivity index (χ4v) is 5.81. The van der Waals surface area contributed by atoms with Crippen LogP contribution >= 0.6 is 0 Å². The lowest BCUT2D eigenvalue weighted by Crippen LogP contribution is -2.47. The SMILES string of the molecule is Cc1cccc([C@H]2[C@@H](C(=O)c3cccc(O)c3)CN(CCCCN(C)C)C[C@@H]2c2cc[c]cc2O)c1C. The predicted octanol–water partition coefficient (Wildman–Crippen LogP) is 5.54. The number of phenols is 2. The molecule has 0 aromatic heterocycles. The second-order valence-electron chi connectivity index (χ2n) is 10.7. The number of hydrogen-bond acceptors (Lipinski definition) is 5. The van der Waals surface area contributed by atoms with Crippen LogP contribution in [-0.4, -0.2) is 66.1 Å². The number of rotatable bonds is 9.